The summed E-state index contributed by atoms with van der Waals surface area (Å²) in [5.41, 5.74) is 7.10. The zero-order valence-electron chi connectivity index (χ0n) is 8.48. The molecule has 0 amide bonds. The van der Waals surface area contributed by atoms with Crippen LogP contribution in [-0.4, -0.2) is 21.0 Å². The molecule has 78 valence electrons. The van der Waals surface area contributed by atoms with Gasteiger partial charge in [-0.2, -0.15) is 5.10 Å². The summed E-state index contributed by atoms with van der Waals surface area (Å²) in [6, 6.07) is 1.97. The minimum absolute atomic E-state index is 0.167. The molecule has 0 saturated heterocycles. The summed E-state index contributed by atoms with van der Waals surface area (Å²) in [6.07, 6.45) is 4.87. The lowest BCUT2D eigenvalue weighted by atomic mass is 9.79. The van der Waals surface area contributed by atoms with Gasteiger partial charge in [0.15, 0.2) is 0 Å². The first-order valence-electron chi connectivity index (χ1n) is 5.07. The van der Waals surface area contributed by atoms with Crippen molar-refractivity contribution < 1.29 is 5.11 Å². The van der Waals surface area contributed by atoms with Gasteiger partial charge in [-0.05, 0) is 31.7 Å². The molecule has 2 rings (SSSR count). The highest BCUT2D eigenvalue weighted by Gasteiger charge is 2.34. The fraction of sp³-hybridized carbons (Fsp3) is 0.700. The van der Waals surface area contributed by atoms with Crippen molar-refractivity contribution >= 4 is 0 Å². The summed E-state index contributed by atoms with van der Waals surface area (Å²) in [6.45, 7) is 0. The maximum atomic E-state index is 9.43. The van der Waals surface area contributed by atoms with Crippen molar-refractivity contribution in [2.24, 2.45) is 12.8 Å². The molecule has 1 aliphatic carbocycles. The average Bonchev–Trinajstić information content (AvgIpc) is 2.58. The molecule has 0 aliphatic heterocycles. The van der Waals surface area contributed by atoms with Crippen molar-refractivity contribution in [2.45, 2.75) is 37.3 Å². The van der Waals surface area contributed by atoms with E-state index in [1.54, 1.807) is 6.20 Å². The molecule has 0 aromatic carbocycles. The van der Waals surface area contributed by atoms with Gasteiger partial charge in [0.25, 0.3) is 0 Å². The summed E-state index contributed by atoms with van der Waals surface area (Å²) in [7, 11) is 1.91. The van der Waals surface area contributed by atoms with Gasteiger partial charge in [0.2, 0.25) is 0 Å². The molecule has 3 N–H and O–H groups in total. The molecule has 4 heteroatoms. The fourth-order valence-corrected chi connectivity index (χ4v) is 2.24. The molecule has 1 saturated carbocycles. The van der Waals surface area contributed by atoms with E-state index in [1.165, 1.54) is 0 Å². The SMILES string of the molecule is Cn1nccc1C1(N)CCC(O)CC1. The molecule has 0 unspecified atom stereocenters. The highest BCUT2D eigenvalue weighted by Crippen LogP contribution is 2.34. The molecule has 0 bridgehead atoms. The second kappa shape index (κ2) is 3.37. The van der Waals surface area contributed by atoms with E-state index in [-0.39, 0.29) is 11.6 Å². The van der Waals surface area contributed by atoms with Crippen molar-refractivity contribution in [1.29, 1.82) is 0 Å². The minimum atomic E-state index is -0.287. The van der Waals surface area contributed by atoms with Gasteiger partial charge in [0, 0.05) is 13.2 Å². The molecule has 1 heterocycles. The zero-order chi connectivity index (χ0) is 10.2. The quantitative estimate of drug-likeness (QED) is 0.686. The van der Waals surface area contributed by atoms with Crippen LogP contribution in [0.4, 0.5) is 0 Å². The molecule has 14 heavy (non-hydrogen) atoms. The Morgan fingerprint density at radius 1 is 1.57 bits per heavy atom. The lowest BCUT2D eigenvalue weighted by Gasteiger charge is -2.35. The summed E-state index contributed by atoms with van der Waals surface area (Å²) in [4.78, 5) is 0. The molecule has 0 spiro atoms. The first-order valence-corrected chi connectivity index (χ1v) is 5.07. The third kappa shape index (κ3) is 1.55. The predicted octanol–water partition coefficient (Wildman–Crippen LogP) is 0.509. The van der Waals surface area contributed by atoms with E-state index < -0.39 is 0 Å². The predicted molar refractivity (Wildman–Crippen MR) is 53.5 cm³/mol. The third-order valence-electron chi connectivity index (χ3n) is 3.18. The maximum absolute atomic E-state index is 9.43. The van der Waals surface area contributed by atoms with Crippen molar-refractivity contribution in [3.05, 3.63) is 18.0 Å². The molecule has 1 aliphatic rings. The van der Waals surface area contributed by atoms with Crippen LogP contribution in [0.25, 0.3) is 0 Å². The van der Waals surface area contributed by atoms with Crippen LogP contribution in [0, 0.1) is 0 Å². The number of nitrogens with two attached hydrogens (primary N) is 1. The van der Waals surface area contributed by atoms with Gasteiger partial charge in [-0.3, -0.25) is 4.68 Å². The van der Waals surface area contributed by atoms with E-state index in [4.69, 9.17) is 5.73 Å². The van der Waals surface area contributed by atoms with Crippen molar-refractivity contribution in [3.63, 3.8) is 0 Å². The van der Waals surface area contributed by atoms with E-state index in [9.17, 15) is 5.11 Å². The molecule has 0 radical (unpaired) electrons. The van der Waals surface area contributed by atoms with Gasteiger partial charge in [-0.1, -0.05) is 0 Å². The Kier molecular flexibility index (Phi) is 2.33. The standard InChI is InChI=1S/C10H17N3O/c1-13-9(4-7-12-13)10(11)5-2-8(14)3-6-10/h4,7-8,14H,2-3,5-6,11H2,1H3. The molecular weight excluding hydrogens is 178 g/mol. The lowest BCUT2D eigenvalue weighted by Crippen LogP contribution is -2.43. The van der Waals surface area contributed by atoms with Crippen molar-refractivity contribution in [1.82, 2.24) is 9.78 Å². The molecule has 1 aromatic heterocycles. The summed E-state index contributed by atoms with van der Waals surface area (Å²) >= 11 is 0. The second-order valence-corrected chi connectivity index (χ2v) is 4.23. The topological polar surface area (TPSA) is 64.1 Å². The van der Waals surface area contributed by atoms with E-state index in [1.807, 2.05) is 17.8 Å². The fourth-order valence-electron chi connectivity index (χ4n) is 2.24. The van der Waals surface area contributed by atoms with Gasteiger partial charge in [0.1, 0.15) is 0 Å². The van der Waals surface area contributed by atoms with Gasteiger partial charge >= 0.3 is 0 Å². The van der Waals surface area contributed by atoms with Crippen LogP contribution in [0.3, 0.4) is 0 Å². The number of aromatic nitrogens is 2. The van der Waals surface area contributed by atoms with Gasteiger partial charge in [-0.15, -0.1) is 0 Å². The summed E-state index contributed by atoms with van der Waals surface area (Å²) in [5, 5.41) is 13.6. The Labute approximate surface area is 83.7 Å². The molecule has 1 aromatic rings. The van der Waals surface area contributed by atoms with Crippen LogP contribution >= 0.6 is 0 Å². The normalized spacial score (nSPS) is 33.2. The number of rotatable bonds is 1. The number of aryl methyl sites for hydroxylation is 1. The second-order valence-electron chi connectivity index (χ2n) is 4.23. The smallest absolute Gasteiger partial charge is 0.0582 e. The molecule has 0 atom stereocenters. The van der Waals surface area contributed by atoms with Crippen LogP contribution in [0.5, 0.6) is 0 Å². The van der Waals surface area contributed by atoms with Crippen molar-refractivity contribution in [3.8, 4) is 0 Å². The first-order chi connectivity index (χ1) is 6.62. The monoisotopic (exact) mass is 195 g/mol. The Hall–Kier alpha value is -0.870. The van der Waals surface area contributed by atoms with Gasteiger partial charge in [0.05, 0.1) is 17.3 Å². The number of hydrogen-bond acceptors (Lipinski definition) is 3. The van der Waals surface area contributed by atoms with Crippen LogP contribution in [-0.2, 0) is 12.6 Å². The Morgan fingerprint density at radius 2 is 2.21 bits per heavy atom. The first kappa shape index (κ1) is 9.68. The number of nitrogens with zero attached hydrogens (tertiary/aromatic N) is 2. The van der Waals surface area contributed by atoms with Gasteiger partial charge < -0.3 is 10.8 Å². The Morgan fingerprint density at radius 3 is 2.71 bits per heavy atom. The molecule has 1 fully saturated rings. The van der Waals surface area contributed by atoms with Gasteiger partial charge in [-0.25, -0.2) is 0 Å². The summed E-state index contributed by atoms with van der Waals surface area (Å²) in [5.74, 6) is 0. The summed E-state index contributed by atoms with van der Waals surface area (Å²) < 4.78 is 1.83. The minimum Gasteiger partial charge on any atom is -0.393 e. The van der Waals surface area contributed by atoms with Crippen LogP contribution in [0.15, 0.2) is 12.3 Å². The van der Waals surface area contributed by atoms with Crippen LogP contribution < -0.4 is 5.73 Å². The largest absolute Gasteiger partial charge is 0.393 e. The van der Waals surface area contributed by atoms with Crippen molar-refractivity contribution in [2.75, 3.05) is 0 Å². The third-order valence-corrected chi connectivity index (χ3v) is 3.18. The van der Waals surface area contributed by atoms with Crippen LogP contribution in [0.2, 0.25) is 0 Å². The van der Waals surface area contributed by atoms with Crippen LogP contribution in [0.1, 0.15) is 31.4 Å². The van der Waals surface area contributed by atoms with E-state index in [0.717, 1.165) is 31.4 Å². The Bertz CT molecular complexity index is 313. The number of aliphatic hydroxyl groups is 1. The lowest BCUT2D eigenvalue weighted by molar-refractivity contribution is 0.0943. The highest BCUT2D eigenvalue weighted by atomic mass is 16.3. The molecular formula is C10H17N3O. The maximum Gasteiger partial charge on any atom is 0.0582 e. The van der Waals surface area contributed by atoms with E-state index in [2.05, 4.69) is 5.10 Å². The number of hydrogen-bond donors (Lipinski definition) is 2. The molecule has 4 nitrogen and oxygen atoms in total. The Balaban J connectivity index is 2.21. The average molecular weight is 195 g/mol. The number of aliphatic hydroxyl groups excluding tert-OH is 1. The van der Waals surface area contributed by atoms with E-state index >= 15 is 0 Å². The highest BCUT2D eigenvalue weighted by molar-refractivity contribution is 5.15. The van der Waals surface area contributed by atoms with E-state index in [0.29, 0.717) is 0 Å². The zero-order valence-corrected chi connectivity index (χ0v) is 8.48.